The molecule has 0 aromatic heterocycles. The zero-order valence-electron chi connectivity index (χ0n) is 14.5. The molecule has 1 aliphatic carbocycles. The molecule has 2 aromatic carbocycles. The fourth-order valence-corrected chi connectivity index (χ4v) is 3.08. The number of rotatable bonds is 4. The summed E-state index contributed by atoms with van der Waals surface area (Å²) in [6.07, 6.45) is 2.48. The molecule has 0 spiro atoms. The van der Waals surface area contributed by atoms with Crippen molar-refractivity contribution in [3.05, 3.63) is 70.8 Å². The van der Waals surface area contributed by atoms with Gasteiger partial charge in [-0.05, 0) is 41.0 Å². The van der Waals surface area contributed by atoms with E-state index in [0.29, 0.717) is 12.5 Å². The van der Waals surface area contributed by atoms with E-state index in [2.05, 4.69) is 31.2 Å². The molecule has 3 rings (SSSR count). The van der Waals surface area contributed by atoms with Gasteiger partial charge in [0.25, 0.3) is 0 Å². The predicted octanol–water partition coefficient (Wildman–Crippen LogP) is 5.36. The molecule has 2 heteroatoms. The van der Waals surface area contributed by atoms with Gasteiger partial charge in [-0.25, -0.2) is 0 Å². The summed E-state index contributed by atoms with van der Waals surface area (Å²) >= 11 is 0. The highest BCUT2D eigenvalue weighted by Gasteiger charge is 2.24. The van der Waals surface area contributed by atoms with Crippen LogP contribution in [0.25, 0.3) is 0 Å². The summed E-state index contributed by atoms with van der Waals surface area (Å²) in [6.45, 7) is 7.01. The van der Waals surface area contributed by atoms with Gasteiger partial charge < -0.3 is 9.84 Å². The fourth-order valence-electron chi connectivity index (χ4n) is 3.08. The van der Waals surface area contributed by atoms with E-state index >= 15 is 0 Å². The molecule has 2 unspecified atom stereocenters. The maximum absolute atomic E-state index is 9.07. The molecule has 0 bridgehead atoms. The normalized spacial score (nSPS) is 19.5. The Hall–Kier alpha value is -1.64. The topological polar surface area (TPSA) is 29.5 Å². The van der Waals surface area contributed by atoms with Gasteiger partial charge in [-0.2, -0.15) is 0 Å². The molecule has 0 radical (unpaired) electrons. The number of ether oxygens (including phenoxy) is 1. The van der Waals surface area contributed by atoms with Crippen LogP contribution in [0, 0.1) is 0 Å². The molecule has 2 nitrogen and oxygen atoms in total. The van der Waals surface area contributed by atoms with Crippen LogP contribution in [0.3, 0.4) is 0 Å². The lowest BCUT2D eigenvalue weighted by Crippen LogP contribution is -2.15. The summed E-state index contributed by atoms with van der Waals surface area (Å²) in [7, 11) is 0. The lowest BCUT2D eigenvalue weighted by atomic mass is 9.82. The molecule has 0 aliphatic heterocycles. The number of aliphatic hydroxyl groups excluding tert-OH is 1. The van der Waals surface area contributed by atoms with Crippen molar-refractivity contribution in [2.45, 2.75) is 58.8 Å². The van der Waals surface area contributed by atoms with Gasteiger partial charge in [0.1, 0.15) is 0 Å². The molecule has 0 saturated carbocycles. The van der Waals surface area contributed by atoms with Crippen LogP contribution in [-0.2, 0) is 18.0 Å². The number of aliphatic hydroxyl groups is 1. The molecule has 0 amide bonds. The quantitative estimate of drug-likeness (QED) is 0.823. The van der Waals surface area contributed by atoms with Gasteiger partial charge in [-0.3, -0.25) is 0 Å². The molecule has 0 fully saturated rings. The average molecular weight is 312 g/mol. The van der Waals surface area contributed by atoms with Gasteiger partial charge in [0.2, 0.25) is 0 Å². The zero-order valence-corrected chi connectivity index (χ0v) is 14.5. The molecule has 2 aromatic rings. The van der Waals surface area contributed by atoms with E-state index in [9.17, 15) is 0 Å². The molecule has 0 heterocycles. The summed E-state index contributed by atoms with van der Waals surface area (Å²) in [5.74, 6) is 0.630. The Morgan fingerprint density at radius 1 is 0.913 bits per heavy atom. The summed E-state index contributed by atoms with van der Waals surface area (Å²) in [5.41, 5.74) is 4.88. The first-order chi connectivity index (χ1) is 11.3. The van der Waals surface area contributed by atoms with Crippen molar-refractivity contribution >= 4 is 0 Å². The molecule has 124 valence electrons. The first kappa shape index (κ1) is 17.7. The fraction of sp³-hybridized carbons (Fsp3) is 0.429. The molecule has 1 aliphatic rings. The minimum absolute atomic E-state index is 0.0923. The monoisotopic (exact) mass is 312 g/mol. The molecule has 1 N–H and O–H groups in total. The van der Waals surface area contributed by atoms with Crippen LogP contribution in [0.5, 0.6) is 0 Å². The van der Waals surface area contributed by atoms with E-state index in [1.54, 1.807) is 0 Å². The van der Waals surface area contributed by atoms with Crippen molar-refractivity contribution in [2.24, 2.45) is 0 Å². The second kappa shape index (κ2) is 8.85. The Kier molecular flexibility index (Phi) is 6.82. The standard InChI is InChI=1S/C19H22O2.C2H6/c1-14-6-11-19(18-5-3-2-4-17(14)18)21-13-16-9-7-15(12-20)8-10-16;1-2/h2-5,7-10,14,19-20H,6,11-13H2,1H3;1-2H3. The van der Waals surface area contributed by atoms with Crippen molar-refractivity contribution < 1.29 is 9.84 Å². The van der Waals surface area contributed by atoms with Gasteiger partial charge in [0.15, 0.2) is 0 Å². The minimum atomic E-state index is 0.0923. The number of hydrogen-bond donors (Lipinski definition) is 1. The van der Waals surface area contributed by atoms with Gasteiger partial charge in [-0.15, -0.1) is 0 Å². The van der Waals surface area contributed by atoms with E-state index in [1.807, 2.05) is 38.1 Å². The van der Waals surface area contributed by atoms with Crippen molar-refractivity contribution in [3.63, 3.8) is 0 Å². The lowest BCUT2D eigenvalue weighted by Gasteiger charge is -2.29. The van der Waals surface area contributed by atoms with Crippen LogP contribution in [0.1, 0.15) is 67.9 Å². The Bertz CT molecular complexity index is 589. The van der Waals surface area contributed by atoms with Crippen LogP contribution in [0.15, 0.2) is 48.5 Å². The molecular formula is C21H28O2. The summed E-state index contributed by atoms with van der Waals surface area (Å²) in [5, 5.41) is 9.07. The van der Waals surface area contributed by atoms with Crippen LogP contribution in [0.2, 0.25) is 0 Å². The largest absolute Gasteiger partial charge is 0.392 e. The number of hydrogen-bond acceptors (Lipinski definition) is 2. The lowest BCUT2D eigenvalue weighted by molar-refractivity contribution is 0.0262. The van der Waals surface area contributed by atoms with E-state index in [0.717, 1.165) is 17.5 Å². The predicted molar refractivity (Wildman–Crippen MR) is 95.3 cm³/mol. The highest BCUT2D eigenvalue weighted by atomic mass is 16.5. The van der Waals surface area contributed by atoms with Crippen LogP contribution >= 0.6 is 0 Å². The van der Waals surface area contributed by atoms with E-state index < -0.39 is 0 Å². The third-order valence-corrected chi connectivity index (χ3v) is 4.39. The summed E-state index contributed by atoms with van der Waals surface area (Å²) in [4.78, 5) is 0. The van der Waals surface area contributed by atoms with Gasteiger partial charge in [0.05, 0.1) is 19.3 Å². The van der Waals surface area contributed by atoms with Crippen molar-refractivity contribution in [3.8, 4) is 0 Å². The molecule has 0 saturated heterocycles. The average Bonchev–Trinajstić information content (AvgIpc) is 2.63. The second-order valence-electron chi connectivity index (χ2n) is 5.88. The zero-order chi connectivity index (χ0) is 16.7. The minimum Gasteiger partial charge on any atom is -0.392 e. The summed E-state index contributed by atoms with van der Waals surface area (Å²) < 4.78 is 6.15. The number of fused-ring (bicyclic) bond motifs is 1. The van der Waals surface area contributed by atoms with Crippen molar-refractivity contribution in [2.75, 3.05) is 0 Å². The maximum Gasteiger partial charge on any atom is 0.0832 e. The first-order valence-electron chi connectivity index (χ1n) is 8.67. The van der Waals surface area contributed by atoms with Crippen molar-refractivity contribution in [1.82, 2.24) is 0 Å². The third kappa shape index (κ3) is 4.43. The van der Waals surface area contributed by atoms with E-state index in [4.69, 9.17) is 9.84 Å². The van der Waals surface area contributed by atoms with Crippen LogP contribution in [-0.4, -0.2) is 5.11 Å². The third-order valence-electron chi connectivity index (χ3n) is 4.39. The highest BCUT2D eigenvalue weighted by molar-refractivity contribution is 5.34. The van der Waals surface area contributed by atoms with E-state index in [1.165, 1.54) is 17.5 Å². The molecule has 2 atom stereocenters. The van der Waals surface area contributed by atoms with Gasteiger partial charge in [0, 0.05) is 0 Å². The van der Waals surface area contributed by atoms with Crippen LogP contribution in [0.4, 0.5) is 0 Å². The maximum atomic E-state index is 9.07. The summed E-state index contributed by atoms with van der Waals surface area (Å²) in [6, 6.07) is 16.6. The molecule has 23 heavy (non-hydrogen) atoms. The van der Waals surface area contributed by atoms with Crippen LogP contribution < -0.4 is 0 Å². The van der Waals surface area contributed by atoms with E-state index in [-0.39, 0.29) is 12.7 Å². The molecular weight excluding hydrogens is 284 g/mol. The Morgan fingerprint density at radius 2 is 1.52 bits per heavy atom. The second-order valence-corrected chi connectivity index (χ2v) is 5.88. The van der Waals surface area contributed by atoms with Gasteiger partial charge >= 0.3 is 0 Å². The number of benzene rings is 2. The highest BCUT2D eigenvalue weighted by Crippen LogP contribution is 2.39. The van der Waals surface area contributed by atoms with Crippen molar-refractivity contribution in [1.29, 1.82) is 0 Å². The first-order valence-corrected chi connectivity index (χ1v) is 8.67. The Balaban J connectivity index is 0.000000924. The Morgan fingerprint density at radius 3 is 2.17 bits per heavy atom. The SMILES string of the molecule is CC.CC1CCC(OCc2ccc(CO)cc2)c2ccccc21. The smallest absolute Gasteiger partial charge is 0.0832 e. The van der Waals surface area contributed by atoms with Gasteiger partial charge in [-0.1, -0.05) is 69.3 Å². The Labute approximate surface area is 140 Å².